The van der Waals surface area contributed by atoms with Crippen molar-refractivity contribution in [3.63, 3.8) is 0 Å². The summed E-state index contributed by atoms with van der Waals surface area (Å²) in [5, 5.41) is 10.0. The molecule has 1 heterocycles. The first-order valence-electron chi connectivity index (χ1n) is 2.53. The van der Waals surface area contributed by atoms with Crippen LogP contribution in [-0.4, -0.2) is 11.0 Å². The Bertz CT molecular complexity index is 244. The molecular formula is C6H3FNO2-. The summed E-state index contributed by atoms with van der Waals surface area (Å²) in [7, 11) is 0. The second-order valence-corrected chi connectivity index (χ2v) is 1.65. The molecule has 0 radical (unpaired) electrons. The molecule has 1 rings (SSSR count). The predicted octanol–water partition coefficient (Wildman–Crippen LogP) is -0.416. The van der Waals surface area contributed by atoms with Gasteiger partial charge in [0.2, 0.25) is 0 Å². The van der Waals surface area contributed by atoms with E-state index in [-0.39, 0.29) is 5.69 Å². The molecule has 10 heavy (non-hydrogen) atoms. The van der Waals surface area contributed by atoms with E-state index in [1.165, 1.54) is 0 Å². The number of carboxylic acid groups (broad SMARTS) is 1. The van der Waals surface area contributed by atoms with Gasteiger partial charge in [0.05, 0.1) is 17.9 Å². The van der Waals surface area contributed by atoms with Gasteiger partial charge in [0.25, 0.3) is 0 Å². The quantitative estimate of drug-likeness (QED) is 0.532. The average Bonchev–Trinajstić information content (AvgIpc) is 1.88. The molecule has 3 nitrogen and oxygen atoms in total. The summed E-state index contributed by atoms with van der Waals surface area (Å²) in [6.07, 6.45) is 0.825. The molecule has 0 atom stereocenters. The molecule has 52 valence electrons. The van der Waals surface area contributed by atoms with Crippen molar-refractivity contribution in [1.82, 2.24) is 4.98 Å². The van der Waals surface area contributed by atoms with E-state index in [1.807, 2.05) is 0 Å². The first-order chi connectivity index (χ1) is 4.70. The predicted molar refractivity (Wildman–Crippen MR) is 28.5 cm³/mol. The number of carbonyl (C=O) groups excluding carboxylic acids is 1. The van der Waals surface area contributed by atoms with Gasteiger partial charge in [-0.25, -0.2) is 4.39 Å². The normalized spacial score (nSPS) is 9.30. The van der Waals surface area contributed by atoms with E-state index in [0.717, 1.165) is 18.3 Å². The topological polar surface area (TPSA) is 53.0 Å². The van der Waals surface area contributed by atoms with Crippen molar-refractivity contribution >= 4 is 5.97 Å². The molecule has 0 aromatic carbocycles. The molecule has 4 heteroatoms. The number of carbonyl (C=O) groups is 1. The Balaban J connectivity index is 3.00. The van der Waals surface area contributed by atoms with Crippen LogP contribution in [0.5, 0.6) is 0 Å². The van der Waals surface area contributed by atoms with Crippen molar-refractivity contribution in [2.24, 2.45) is 0 Å². The Morgan fingerprint density at radius 1 is 1.60 bits per heavy atom. The van der Waals surface area contributed by atoms with Crippen molar-refractivity contribution in [3.05, 3.63) is 29.8 Å². The average molecular weight is 140 g/mol. The maximum Gasteiger partial charge on any atom is 0.141 e. The molecule has 0 bridgehead atoms. The highest BCUT2D eigenvalue weighted by Gasteiger charge is 1.93. The van der Waals surface area contributed by atoms with Crippen LogP contribution in [0.3, 0.4) is 0 Å². The van der Waals surface area contributed by atoms with E-state index in [0.29, 0.717) is 0 Å². The number of hydrogen-bond acceptors (Lipinski definition) is 3. The van der Waals surface area contributed by atoms with Crippen molar-refractivity contribution in [2.75, 3.05) is 0 Å². The van der Waals surface area contributed by atoms with Crippen LogP contribution >= 0.6 is 0 Å². The minimum Gasteiger partial charge on any atom is -0.543 e. The van der Waals surface area contributed by atoms with E-state index < -0.39 is 11.8 Å². The lowest BCUT2D eigenvalue weighted by Crippen LogP contribution is -2.23. The van der Waals surface area contributed by atoms with E-state index in [4.69, 9.17) is 0 Å². The smallest absolute Gasteiger partial charge is 0.141 e. The second kappa shape index (κ2) is 2.43. The minimum atomic E-state index is -1.40. The number of aromatic carboxylic acids is 1. The van der Waals surface area contributed by atoms with Crippen LogP contribution < -0.4 is 5.11 Å². The zero-order valence-electron chi connectivity index (χ0n) is 4.87. The zero-order valence-corrected chi connectivity index (χ0v) is 4.87. The van der Waals surface area contributed by atoms with E-state index in [1.54, 1.807) is 0 Å². The molecule has 0 aliphatic carbocycles. The SMILES string of the molecule is O=C([O-])c1ccc(F)cn1. The molecule has 1 aromatic rings. The maximum absolute atomic E-state index is 12.1. The number of carboxylic acids is 1. The van der Waals surface area contributed by atoms with Crippen molar-refractivity contribution < 1.29 is 14.3 Å². The number of nitrogens with zero attached hydrogens (tertiary/aromatic N) is 1. The fraction of sp³-hybridized carbons (Fsp3) is 0. The van der Waals surface area contributed by atoms with E-state index in [2.05, 4.69) is 4.98 Å². The van der Waals surface area contributed by atoms with Crippen molar-refractivity contribution in [3.8, 4) is 0 Å². The van der Waals surface area contributed by atoms with Gasteiger partial charge >= 0.3 is 0 Å². The third kappa shape index (κ3) is 1.28. The second-order valence-electron chi connectivity index (χ2n) is 1.65. The van der Waals surface area contributed by atoms with Gasteiger partial charge in [-0.15, -0.1) is 0 Å². The highest BCUT2D eigenvalue weighted by atomic mass is 19.1. The molecule has 0 N–H and O–H groups in total. The zero-order chi connectivity index (χ0) is 7.56. The molecule has 0 fully saturated rings. The molecule has 1 aromatic heterocycles. The Labute approximate surface area is 56.1 Å². The van der Waals surface area contributed by atoms with Crippen molar-refractivity contribution in [2.45, 2.75) is 0 Å². The van der Waals surface area contributed by atoms with Crippen LogP contribution in [0.2, 0.25) is 0 Å². The van der Waals surface area contributed by atoms with Gasteiger partial charge in [0.15, 0.2) is 0 Å². The number of rotatable bonds is 1. The summed E-state index contributed by atoms with van der Waals surface area (Å²) >= 11 is 0. The molecule has 0 amide bonds. The summed E-state index contributed by atoms with van der Waals surface area (Å²) < 4.78 is 12.1. The lowest BCUT2D eigenvalue weighted by Gasteiger charge is -1.97. The van der Waals surface area contributed by atoms with Gasteiger partial charge in [-0.1, -0.05) is 0 Å². The molecule has 0 unspecified atom stereocenters. The van der Waals surface area contributed by atoms with Crippen molar-refractivity contribution in [1.29, 1.82) is 0 Å². The molecule has 0 saturated carbocycles. The van der Waals surface area contributed by atoms with Gasteiger partial charge in [-0.05, 0) is 12.1 Å². The fourth-order valence-corrected chi connectivity index (χ4v) is 0.497. The summed E-state index contributed by atoms with van der Waals surface area (Å²) in [4.78, 5) is 13.3. The Morgan fingerprint density at radius 2 is 2.30 bits per heavy atom. The molecular weight excluding hydrogens is 137 g/mol. The van der Waals surface area contributed by atoms with Crippen LogP contribution in [0.15, 0.2) is 18.3 Å². The van der Waals surface area contributed by atoms with Crippen LogP contribution in [0, 0.1) is 5.82 Å². The summed E-state index contributed by atoms with van der Waals surface area (Å²) in [5.74, 6) is -1.97. The van der Waals surface area contributed by atoms with Crippen LogP contribution in [-0.2, 0) is 0 Å². The largest absolute Gasteiger partial charge is 0.543 e. The maximum atomic E-state index is 12.1. The van der Waals surface area contributed by atoms with Gasteiger partial charge in [0.1, 0.15) is 5.82 Å². The minimum absolute atomic E-state index is 0.263. The van der Waals surface area contributed by atoms with Crippen LogP contribution in [0.4, 0.5) is 4.39 Å². The number of aromatic nitrogens is 1. The monoisotopic (exact) mass is 140 g/mol. The van der Waals surface area contributed by atoms with E-state index >= 15 is 0 Å². The Morgan fingerprint density at radius 3 is 2.70 bits per heavy atom. The molecule has 0 aliphatic rings. The third-order valence-corrected chi connectivity index (χ3v) is 0.937. The fourth-order valence-electron chi connectivity index (χ4n) is 0.497. The first-order valence-corrected chi connectivity index (χ1v) is 2.53. The summed E-state index contributed by atoms with van der Waals surface area (Å²) in [6, 6.07) is 2.06. The van der Waals surface area contributed by atoms with E-state index in [9.17, 15) is 14.3 Å². The lowest BCUT2D eigenvalue weighted by atomic mass is 10.3. The lowest BCUT2D eigenvalue weighted by molar-refractivity contribution is -0.255. The number of hydrogen-bond donors (Lipinski definition) is 0. The third-order valence-electron chi connectivity index (χ3n) is 0.937. The molecule has 0 aliphatic heterocycles. The van der Waals surface area contributed by atoms with Gasteiger partial charge < -0.3 is 9.90 Å². The number of pyridine rings is 1. The molecule has 0 spiro atoms. The van der Waals surface area contributed by atoms with Gasteiger partial charge in [-0.2, -0.15) is 0 Å². The Kier molecular flexibility index (Phi) is 1.62. The standard InChI is InChI=1S/C6H4FNO2/c7-4-1-2-5(6(9)10)8-3-4/h1-3H,(H,9,10)/p-1. The van der Waals surface area contributed by atoms with Crippen LogP contribution in [0.25, 0.3) is 0 Å². The summed E-state index contributed by atoms with van der Waals surface area (Å²) in [6.45, 7) is 0. The van der Waals surface area contributed by atoms with Gasteiger partial charge in [0, 0.05) is 0 Å². The highest BCUT2D eigenvalue weighted by Crippen LogP contribution is 1.95. The van der Waals surface area contributed by atoms with Crippen LogP contribution in [0.1, 0.15) is 10.5 Å². The van der Waals surface area contributed by atoms with Gasteiger partial charge in [-0.3, -0.25) is 4.98 Å². The molecule has 0 saturated heterocycles. The Hall–Kier alpha value is -1.45. The summed E-state index contributed by atoms with van der Waals surface area (Å²) in [5.41, 5.74) is -0.263. The highest BCUT2D eigenvalue weighted by molar-refractivity contribution is 5.83. The first kappa shape index (κ1) is 6.67. The number of halogens is 1.